The van der Waals surface area contributed by atoms with Gasteiger partial charge in [-0.1, -0.05) is 6.58 Å². The first-order valence-corrected chi connectivity index (χ1v) is 3.66. The van der Waals surface area contributed by atoms with Gasteiger partial charge < -0.3 is 9.84 Å². The lowest BCUT2D eigenvalue weighted by Gasteiger charge is -2.14. The minimum absolute atomic E-state index is 0.0956. The fourth-order valence-electron chi connectivity index (χ4n) is 1.39. The van der Waals surface area contributed by atoms with E-state index in [1.54, 1.807) is 0 Å². The normalized spacial score (nSPS) is 32.6. The molecule has 0 bridgehead atoms. The minimum atomic E-state index is 0.0956. The maximum absolute atomic E-state index is 8.76. The molecule has 1 heterocycles. The van der Waals surface area contributed by atoms with E-state index in [0.29, 0.717) is 5.92 Å². The summed E-state index contributed by atoms with van der Waals surface area (Å²) in [4.78, 5) is 0. The van der Waals surface area contributed by atoms with Gasteiger partial charge in [0.2, 0.25) is 0 Å². The maximum atomic E-state index is 8.76. The number of aliphatic hydroxyl groups is 1. The van der Waals surface area contributed by atoms with Crippen LogP contribution in [-0.2, 0) is 4.74 Å². The third kappa shape index (κ3) is 1.39. The maximum Gasteiger partial charge on any atom is 0.0642 e. The van der Waals surface area contributed by atoms with Crippen LogP contribution in [0.15, 0.2) is 12.2 Å². The van der Waals surface area contributed by atoms with Crippen LogP contribution in [0.1, 0.15) is 13.3 Å². The monoisotopic (exact) mass is 142 g/mol. The number of hydrogen-bond acceptors (Lipinski definition) is 2. The Morgan fingerprint density at radius 2 is 2.50 bits per heavy atom. The zero-order valence-electron chi connectivity index (χ0n) is 6.34. The molecule has 0 radical (unpaired) electrons. The molecule has 0 amide bonds. The quantitative estimate of drug-likeness (QED) is 0.582. The summed E-state index contributed by atoms with van der Waals surface area (Å²) in [7, 11) is 0. The molecule has 0 aromatic rings. The highest BCUT2D eigenvalue weighted by molar-refractivity contribution is 5.04. The van der Waals surface area contributed by atoms with E-state index < -0.39 is 0 Å². The van der Waals surface area contributed by atoms with Gasteiger partial charge in [0, 0.05) is 12.5 Å². The molecule has 1 aliphatic rings. The van der Waals surface area contributed by atoms with Gasteiger partial charge in [0.1, 0.15) is 0 Å². The lowest BCUT2D eigenvalue weighted by molar-refractivity contribution is 0.110. The Morgan fingerprint density at radius 1 is 1.80 bits per heavy atom. The Labute approximate surface area is 61.5 Å². The molecule has 1 rings (SSSR count). The van der Waals surface area contributed by atoms with Crippen molar-refractivity contribution in [2.24, 2.45) is 5.92 Å². The largest absolute Gasteiger partial charge is 0.392 e. The van der Waals surface area contributed by atoms with E-state index in [1.165, 1.54) is 0 Å². The fourth-order valence-corrected chi connectivity index (χ4v) is 1.39. The average molecular weight is 142 g/mol. The van der Waals surface area contributed by atoms with E-state index in [9.17, 15) is 0 Å². The molecule has 1 N–H and O–H groups in total. The van der Waals surface area contributed by atoms with Crippen LogP contribution >= 0.6 is 0 Å². The van der Waals surface area contributed by atoms with Crippen molar-refractivity contribution in [2.45, 2.75) is 19.4 Å². The first-order valence-electron chi connectivity index (χ1n) is 3.66. The molecular formula is C8H14O2. The van der Waals surface area contributed by atoms with Crippen LogP contribution < -0.4 is 0 Å². The van der Waals surface area contributed by atoms with Crippen molar-refractivity contribution in [3.8, 4) is 0 Å². The summed E-state index contributed by atoms with van der Waals surface area (Å²) in [5.41, 5.74) is 0.907. The lowest BCUT2D eigenvalue weighted by Crippen LogP contribution is -2.14. The molecule has 1 aliphatic heterocycles. The summed E-state index contributed by atoms with van der Waals surface area (Å²) in [5.74, 6) is 0.380. The summed E-state index contributed by atoms with van der Waals surface area (Å²) in [6, 6.07) is 0. The number of ether oxygens (including phenoxy) is 1. The molecule has 0 saturated carbocycles. The van der Waals surface area contributed by atoms with Crippen LogP contribution in [0.4, 0.5) is 0 Å². The molecule has 0 aliphatic carbocycles. The Balaban J connectivity index is 2.46. The lowest BCUT2D eigenvalue weighted by atomic mass is 9.95. The van der Waals surface area contributed by atoms with E-state index in [0.717, 1.165) is 18.6 Å². The second-order valence-corrected chi connectivity index (χ2v) is 2.79. The molecule has 0 spiro atoms. The predicted molar refractivity (Wildman–Crippen MR) is 39.7 cm³/mol. The van der Waals surface area contributed by atoms with Crippen LogP contribution in [0.25, 0.3) is 0 Å². The topological polar surface area (TPSA) is 29.5 Å². The van der Waals surface area contributed by atoms with Gasteiger partial charge in [0.15, 0.2) is 0 Å². The van der Waals surface area contributed by atoms with Gasteiger partial charge >= 0.3 is 0 Å². The molecule has 0 aromatic carbocycles. The van der Waals surface area contributed by atoms with E-state index in [-0.39, 0.29) is 12.7 Å². The molecule has 10 heavy (non-hydrogen) atoms. The van der Waals surface area contributed by atoms with Crippen LogP contribution in [-0.4, -0.2) is 24.4 Å². The molecule has 0 aromatic heterocycles. The molecular weight excluding hydrogens is 128 g/mol. The third-order valence-corrected chi connectivity index (χ3v) is 2.10. The van der Waals surface area contributed by atoms with E-state index >= 15 is 0 Å². The van der Waals surface area contributed by atoms with Crippen molar-refractivity contribution in [3.63, 3.8) is 0 Å². The summed E-state index contributed by atoms with van der Waals surface area (Å²) in [6.45, 7) is 6.71. The molecule has 2 unspecified atom stereocenters. The van der Waals surface area contributed by atoms with Gasteiger partial charge in [0.05, 0.1) is 12.7 Å². The van der Waals surface area contributed by atoms with Crippen molar-refractivity contribution < 1.29 is 9.84 Å². The average Bonchev–Trinajstić information content (AvgIpc) is 2.34. The summed E-state index contributed by atoms with van der Waals surface area (Å²) >= 11 is 0. The zero-order valence-corrected chi connectivity index (χ0v) is 6.34. The number of rotatable bonds is 2. The second kappa shape index (κ2) is 3.17. The standard InChI is InChI=1S/C8H14O2/c1-6(5-9)8-3-4-10-7(8)2/h7-9H,1,3-5H2,2H3. The Bertz CT molecular complexity index is 131. The smallest absolute Gasteiger partial charge is 0.0642 e. The first-order chi connectivity index (χ1) is 4.75. The third-order valence-electron chi connectivity index (χ3n) is 2.10. The van der Waals surface area contributed by atoms with E-state index in [4.69, 9.17) is 9.84 Å². The summed E-state index contributed by atoms with van der Waals surface area (Å²) in [5, 5.41) is 8.76. The highest BCUT2D eigenvalue weighted by Gasteiger charge is 2.25. The van der Waals surface area contributed by atoms with Crippen molar-refractivity contribution in [3.05, 3.63) is 12.2 Å². The molecule has 2 atom stereocenters. The first kappa shape index (κ1) is 7.76. The zero-order chi connectivity index (χ0) is 7.56. The molecule has 1 saturated heterocycles. The Morgan fingerprint density at radius 3 is 2.90 bits per heavy atom. The van der Waals surface area contributed by atoms with Crippen molar-refractivity contribution in [1.29, 1.82) is 0 Å². The summed E-state index contributed by atoms with van der Waals surface area (Å²) in [6.07, 6.45) is 1.26. The highest BCUT2D eigenvalue weighted by Crippen LogP contribution is 2.25. The van der Waals surface area contributed by atoms with Crippen molar-refractivity contribution >= 4 is 0 Å². The van der Waals surface area contributed by atoms with Crippen LogP contribution in [0.2, 0.25) is 0 Å². The number of aliphatic hydroxyl groups excluding tert-OH is 1. The number of hydrogen-bond donors (Lipinski definition) is 1. The van der Waals surface area contributed by atoms with Gasteiger partial charge in [-0.25, -0.2) is 0 Å². The van der Waals surface area contributed by atoms with Gasteiger partial charge in [-0.3, -0.25) is 0 Å². The fraction of sp³-hybridized carbons (Fsp3) is 0.750. The van der Waals surface area contributed by atoms with Gasteiger partial charge in [-0.15, -0.1) is 0 Å². The molecule has 2 heteroatoms. The van der Waals surface area contributed by atoms with Crippen LogP contribution in [0.3, 0.4) is 0 Å². The minimum Gasteiger partial charge on any atom is -0.392 e. The van der Waals surface area contributed by atoms with Crippen LogP contribution in [0.5, 0.6) is 0 Å². The van der Waals surface area contributed by atoms with E-state index in [1.807, 2.05) is 6.92 Å². The van der Waals surface area contributed by atoms with Gasteiger partial charge in [-0.2, -0.15) is 0 Å². The predicted octanol–water partition coefficient (Wildman–Crippen LogP) is 0.960. The highest BCUT2D eigenvalue weighted by atomic mass is 16.5. The Kier molecular flexibility index (Phi) is 2.46. The second-order valence-electron chi connectivity index (χ2n) is 2.79. The SMILES string of the molecule is C=C(CO)C1CCOC1C. The molecule has 1 fully saturated rings. The summed E-state index contributed by atoms with van der Waals surface area (Å²) < 4.78 is 5.32. The van der Waals surface area contributed by atoms with E-state index in [2.05, 4.69) is 6.58 Å². The van der Waals surface area contributed by atoms with Crippen molar-refractivity contribution in [2.75, 3.05) is 13.2 Å². The van der Waals surface area contributed by atoms with Gasteiger partial charge in [0.25, 0.3) is 0 Å². The van der Waals surface area contributed by atoms with Gasteiger partial charge in [-0.05, 0) is 18.9 Å². The Hall–Kier alpha value is -0.340. The van der Waals surface area contributed by atoms with Crippen LogP contribution in [0, 0.1) is 5.92 Å². The van der Waals surface area contributed by atoms with Crippen molar-refractivity contribution in [1.82, 2.24) is 0 Å². The molecule has 2 nitrogen and oxygen atoms in total. The molecule has 58 valence electrons.